The number of nitrogens with zero attached hydrogens (tertiary/aromatic N) is 2. The van der Waals surface area contributed by atoms with Crippen LogP contribution in [0, 0.1) is 0 Å². The van der Waals surface area contributed by atoms with E-state index in [9.17, 15) is 31.2 Å². The van der Waals surface area contributed by atoms with Gasteiger partial charge in [0.25, 0.3) is 5.91 Å². The zero-order valence-corrected chi connectivity index (χ0v) is 19.7. The molecule has 35 heavy (non-hydrogen) atoms. The van der Waals surface area contributed by atoms with Gasteiger partial charge in [0.1, 0.15) is 11.0 Å². The summed E-state index contributed by atoms with van der Waals surface area (Å²) in [6, 6.07) is 5.37. The molecule has 188 valence electrons. The van der Waals surface area contributed by atoms with E-state index < -0.39 is 48.8 Å². The number of carbonyl (C=O) groups is 2. The molecule has 2 aromatic rings. The van der Waals surface area contributed by atoms with Crippen molar-refractivity contribution in [3.05, 3.63) is 40.4 Å². The molecule has 2 saturated carbocycles. The highest BCUT2D eigenvalue weighted by Gasteiger charge is 2.40. The summed E-state index contributed by atoms with van der Waals surface area (Å²) < 4.78 is 64.3. The van der Waals surface area contributed by atoms with Crippen molar-refractivity contribution in [2.24, 2.45) is 5.16 Å². The van der Waals surface area contributed by atoms with Gasteiger partial charge in [-0.05, 0) is 50.7 Å². The number of benzene rings is 1. The van der Waals surface area contributed by atoms with E-state index in [1.165, 1.54) is 24.3 Å². The molecule has 9 nitrogen and oxygen atoms in total. The minimum absolute atomic E-state index is 0.0843. The molecule has 0 saturated heterocycles. The largest absolute Gasteiger partial charge is 0.477 e. The van der Waals surface area contributed by atoms with E-state index in [1.807, 2.05) is 0 Å². The van der Waals surface area contributed by atoms with Crippen LogP contribution in [0.15, 0.2) is 34.3 Å². The van der Waals surface area contributed by atoms with Crippen molar-refractivity contribution >= 4 is 43.9 Å². The molecule has 0 aliphatic heterocycles. The van der Waals surface area contributed by atoms with Crippen molar-refractivity contribution in [1.82, 2.24) is 4.98 Å². The van der Waals surface area contributed by atoms with Crippen molar-refractivity contribution in [3.63, 3.8) is 0 Å². The van der Waals surface area contributed by atoms with Gasteiger partial charge in [-0.2, -0.15) is 13.2 Å². The molecule has 0 bridgehead atoms. The number of halogens is 3. The minimum atomic E-state index is -5.03. The summed E-state index contributed by atoms with van der Waals surface area (Å²) in [5.74, 6) is -2.82. The van der Waals surface area contributed by atoms with E-state index in [0.29, 0.717) is 12.8 Å². The lowest BCUT2D eigenvalue weighted by molar-refractivity contribution is -0.141. The SMILES string of the molecule is O=C(Nc1nc(C(F)(F)F)c(C(=O)O)s1)C(=NOC1CCCC1)c1ccc(S(=O)(=O)C2CC2)cc1. The Morgan fingerprint density at radius 3 is 2.26 bits per heavy atom. The highest BCUT2D eigenvalue weighted by atomic mass is 32.2. The molecular formula is C21H20F3N3O6S2. The number of nitrogens with one attached hydrogen (secondary N) is 1. The second-order valence-electron chi connectivity index (χ2n) is 8.17. The summed E-state index contributed by atoms with van der Waals surface area (Å²) in [5.41, 5.74) is -1.77. The summed E-state index contributed by atoms with van der Waals surface area (Å²) in [7, 11) is -3.47. The Morgan fingerprint density at radius 1 is 1.11 bits per heavy atom. The fraction of sp³-hybridized carbons (Fsp3) is 0.429. The number of rotatable bonds is 8. The second-order valence-corrected chi connectivity index (χ2v) is 11.4. The quantitative estimate of drug-likeness (QED) is 0.387. The molecule has 4 rings (SSSR count). The topological polar surface area (TPSA) is 135 Å². The fourth-order valence-electron chi connectivity index (χ4n) is 3.59. The summed E-state index contributed by atoms with van der Waals surface area (Å²) in [6.07, 6.45) is -0.803. The molecule has 2 aliphatic carbocycles. The maximum atomic E-state index is 13.1. The Balaban J connectivity index is 1.62. The zero-order chi connectivity index (χ0) is 25.4. The lowest BCUT2D eigenvalue weighted by Gasteiger charge is -2.11. The van der Waals surface area contributed by atoms with Gasteiger partial charge in [-0.15, -0.1) is 0 Å². The number of carboxylic acid groups (broad SMARTS) is 1. The molecule has 1 aromatic carbocycles. The Morgan fingerprint density at radius 2 is 1.74 bits per heavy atom. The molecule has 14 heteroatoms. The van der Waals surface area contributed by atoms with Crippen LogP contribution in [0.5, 0.6) is 0 Å². The number of hydrogen-bond acceptors (Lipinski definition) is 8. The predicted molar refractivity (Wildman–Crippen MR) is 119 cm³/mol. The van der Waals surface area contributed by atoms with Crippen LogP contribution in [0.25, 0.3) is 0 Å². The number of oxime groups is 1. The lowest BCUT2D eigenvalue weighted by atomic mass is 10.1. The predicted octanol–water partition coefficient (Wildman–Crippen LogP) is 4.10. The van der Waals surface area contributed by atoms with Gasteiger partial charge < -0.3 is 9.94 Å². The number of aromatic nitrogens is 1. The van der Waals surface area contributed by atoms with Crippen LogP contribution in [-0.4, -0.2) is 47.5 Å². The number of carboxylic acids is 1. The maximum Gasteiger partial charge on any atom is 0.435 e. The van der Waals surface area contributed by atoms with Crippen LogP contribution in [0.1, 0.15) is 59.5 Å². The number of thiazole rings is 1. The fourth-order valence-corrected chi connectivity index (χ4v) is 6.06. The summed E-state index contributed by atoms with van der Waals surface area (Å²) in [5, 5.41) is 14.1. The first-order valence-electron chi connectivity index (χ1n) is 10.7. The number of alkyl halides is 3. The van der Waals surface area contributed by atoms with Crippen LogP contribution in [0.3, 0.4) is 0 Å². The first-order chi connectivity index (χ1) is 16.5. The third kappa shape index (κ3) is 5.64. The lowest BCUT2D eigenvalue weighted by Crippen LogP contribution is -2.25. The molecule has 1 amide bonds. The van der Waals surface area contributed by atoms with Crippen molar-refractivity contribution in [1.29, 1.82) is 0 Å². The van der Waals surface area contributed by atoms with Gasteiger partial charge in [-0.1, -0.05) is 28.6 Å². The van der Waals surface area contributed by atoms with Crippen LogP contribution in [0.4, 0.5) is 18.3 Å². The standard InChI is InChI=1S/C21H20F3N3O6S2/c22-21(23,24)17-16(19(29)30)34-20(25-17)26-18(28)15(27-33-12-3-1-2-4-12)11-5-7-13(8-6-11)35(31,32)14-9-10-14/h5-8,12,14H,1-4,9-10H2,(H,29,30)(H,25,26,28). The third-order valence-electron chi connectivity index (χ3n) is 5.54. The van der Waals surface area contributed by atoms with Gasteiger partial charge in [0.05, 0.1) is 10.1 Å². The summed E-state index contributed by atoms with van der Waals surface area (Å²) in [6.45, 7) is 0. The van der Waals surface area contributed by atoms with Gasteiger partial charge in [0, 0.05) is 5.56 Å². The number of sulfone groups is 1. The van der Waals surface area contributed by atoms with Crippen molar-refractivity contribution in [2.75, 3.05) is 5.32 Å². The normalized spacial score (nSPS) is 17.4. The summed E-state index contributed by atoms with van der Waals surface area (Å²) in [4.78, 5) is 31.9. The maximum absolute atomic E-state index is 13.1. The van der Waals surface area contributed by atoms with Gasteiger partial charge in [-0.3, -0.25) is 10.1 Å². The van der Waals surface area contributed by atoms with Gasteiger partial charge >= 0.3 is 12.1 Å². The number of anilines is 1. The molecule has 2 aliphatic rings. The number of carbonyl (C=O) groups excluding carboxylic acids is 1. The molecular weight excluding hydrogens is 511 g/mol. The molecule has 0 atom stereocenters. The average Bonchev–Trinajstić information content (AvgIpc) is 3.36. The number of amides is 1. The van der Waals surface area contributed by atoms with E-state index in [-0.39, 0.29) is 33.6 Å². The Bertz CT molecular complexity index is 1260. The van der Waals surface area contributed by atoms with Gasteiger partial charge in [0.15, 0.2) is 26.4 Å². The van der Waals surface area contributed by atoms with E-state index in [1.54, 1.807) is 0 Å². The summed E-state index contributed by atoms with van der Waals surface area (Å²) >= 11 is 0.157. The van der Waals surface area contributed by atoms with Crippen LogP contribution in [-0.2, 0) is 25.6 Å². The van der Waals surface area contributed by atoms with Crippen molar-refractivity contribution in [2.45, 2.75) is 61.0 Å². The Labute approximate surface area is 201 Å². The van der Waals surface area contributed by atoms with Gasteiger partial charge in [-0.25, -0.2) is 18.2 Å². The molecule has 1 heterocycles. The highest BCUT2D eigenvalue weighted by Crippen LogP contribution is 2.36. The molecule has 2 N–H and O–H groups in total. The van der Waals surface area contributed by atoms with Crippen LogP contribution in [0.2, 0.25) is 0 Å². The van der Waals surface area contributed by atoms with E-state index in [4.69, 9.17) is 9.94 Å². The number of hydrogen-bond donors (Lipinski definition) is 2. The van der Waals surface area contributed by atoms with Gasteiger partial charge in [0.2, 0.25) is 0 Å². The third-order valence-corrected chi connectivity index (χ3v) is 8.78. The van der Waals surface area contributed by atoms with E-state index >= 15 is 0 Å². The molecule has 0 radical (unpaired) electrons. The average molecular weight is 532 g/mol. The molecule has 1 aromatic heterocycles. The minimum Gasteiger partial charge on any atom is -0.477 e. The highest BCUT2D eigenvalue weighted by molar-refractivity contribution is 7.92. The Hall–Kier alpha value is -3.00. The van der Waals surface area contributed by atoms with E-state index in [0.717, 1.165) is 25.7 Å². The van der Waals surface area contributed by atoms with Crippen LogP contribution >= 0.6 is 11.3 Å². The molecule has 2 fully saturated rings. The van der Waals surface area contributed by atoms with Crippen molar-refractivity contribution in [3.8, 4) is 0 Å². The number of aromatic carboxylic acids is 1. The molecule has 0 unspecified atom stereocenters. The molecule has 0 spiro atoms. The second kappa shape index (κ2) is 9.57. The van der Waals surface area contributed by atoms with Crippen molar-refractivity contribution < 1.29 is 41.1 Å². The van der Waals surface area contributed by atoms with E-state index in [2.05, 4.69) is 15.5 Å². The first kappa shape index (κ1) is 25.1. The smallest absolute Gasteiger partial charge is 0.435 e. The van der Waals surface area contributed by atoms with Crippen LogP contribution < -0.4 is 5.32 Å². The zero-order valence-electron chi connectivity index (χ0n) is 18.0. The Kier molecular flexibility index (Phi) is 6.86. The first-order valence-corrected chi connectivity index (χ1v) is 13.0. The monoisotopic (exact) mass is 531 g/mol.